The molecule has 0 aliphatic heterocycles. The van der Waals surface area contributed by atoms with Crippen molar-refractivity contribution in [3.05, 3.63) is 47.5 Å². The number of hydrogen-bond donors (Lipinski definition) is 0. The van der Waals surface area contributed by atoms with Gasteiger partial charge in [-0.15, -0.1) is 0 Å². The Morgan fingerprint density at radius 3 is 2.17 bits per heavy atom. The molecule has 0 saturated heterocycles. The highest BCUT2D eigenvalue weighted by Gasteiger charge is 2.32. The molecule has 1 amide bonds. The minimum atomic E-state index is -4.43. The summed E-state index contributed by atoms with van der Waals surface area (Å²) < 4.78 is 39.1. The van der Waals surface area contributed by atoms with Gasteiger partial charge < -0.3 is 4.90 Å². The van der Waals surface area contributed by atoms with Gasteiger partial charge in [0.05, 0.1) is 5.56 Å². The van der Waals surface area contributed by atoms with Gasteiger partial charge in [-0.2, -0.15) is 13.2 Å². The fraction of sp³-hybridized carbons (Fsp3) is 0.389. The van der Waals surface area contributed by atoms with Crippen molar-refractivity contribution in [2.24, 2.45) is 0 Å². The van der Waals surface area contributed by atoms with Gasteiger partial charge in [0.1, 0.15) is 0 Å². The molecule has 0 spiro atoms. The fourth-order valence-electron chi connectivity index (χ4n) is 2.39. The number of carbonyl (C=O) groups excluding carboxylic acids is 1. The minimum absolute atomic E-state index is 0.0562. The monoisotopic (exact) mass is 325 g/mol. The molecule has 5 heteroatoms. The second kappa shape index (κ2) is 7.99. The van der Waals surface area contributed by atoms with Gasteiger partial charge in [-0.1, -0.05) is 45.0 Å². The average Bonchev–Trinajstić information content (AvgIpc) is 2.54. The van der Waals surface area contributed by atoms with Crippen LogP contribution in [0.2, 0.25) is 0 Å². The third-order valence-electron chi connectivity index (χ3n) is 3.36. The maximum atomic E-state index is 13.0. The normalized spacial score (nSPS) is 10.9. The van der Waals surface area contributed by atoms with Crippen LogP contribution in [-0.4, -0.2) is 24.4 Å². The Labute approximate surface area is 134 Å². The Hall–Kier alpha value is -2.04. The first kappa shape index (κ1) is 19.0. The number of nitrogens with zero attached hydrogens (tertiary/aromatic N) is 1. The third kappa shape index (κ3) is 4.24. The second-order valence-electron chi connectivity index (χ2n) is 4.93. The minimum Gasteiger partial charge on any atom is -0.342 e. The molecule has 0 unspecified atom stereocenters. The molecule has 2 aromatic rings. The molecule has 0 heterocycles. The molecular formula is C18H22F3NO. The van der Waals surface area contributed by atoms with Gasteiger partial charge in [-0.25, -0.2) is 0 Å². The lowest BCUT2D eigenvalue weighted by atomic mass is 9.99. The summed E-state index contributed by atoms with van der Waals surface area (Å²) in [6, 6.07) is 8.38. The van der Waals surface area contributed by atoms with E-state index in [9.17, 15) is 18.0 Å². The summed E-state index contributed by atoms with van der Waals surface area (Å²) in [5, 5.41) is 0.390. The fourth-order valence-corrected chi connectivity index (χ4v) is 2.39. The Balaban J connectivity index is 0.00000127. The Morgan fingerprint density at radius 1 is 1.04 bits per heavy atom. The quantitative estimate of drug-likeness (QED) is 0.743. The maximum Gasteiger partial charge on any atom is 0.417 e. The predicted octanol–water partition coefficient (Wildman–Crippen LogP) is 5.37. The molecule has 0 radical (unpaired) electrons. The summed E-state index contributed by atoms with van der Waals surface area (Å²) in [6.45, 7) is 6.50. The Kier molecular flexibility index (Phi) is 6.61. The van der Waals surface area contributed by atoms with E-state index in [-0.39, 0.29) is 11.3 Å². The lowest BCUT2D eigenvalue weighted by Gasteiger charge is -2.18. The van der Waals surface area contributed by atoms with Crippen LogP contribution in [0.4, 0.5) is 13.2 Å². The first-order valence-electron chi connectivity index (χ1n) is 7.70. The molecule has 0 aliphatic carbocycles. The third-order valence-corrected chi connectivity index (χ3v) is 3.36. The Morgan fingerprint density at radius 2 is 1.61 bits per heavy atom. The first-order valence-corrected chi connectivity index (χ1v) is 7.70. The zero-order valence-electron chi connectivity index (χ0n) is 13.9. The number of carbonyl (C=O) groups is 1. The predicted molar refractivity (Wildman–Crippen MR) is 87.5 cm³/mol. The van der Waals surface area contributed by atoms with E-state index in [1.54, 1.807) is 19.2 Å². The highest BCUT2D eigenvalue weighted by atomic mass is 19.4. The van der Waals surface area contributed by atoms with E-state index in [0.717, 1.165) is 12.5 Å². The van der Waals surface area contributed by atoms with E-state index in [1.165, 1.54) is 23.1 Å². The number of benzene rings is 2. The van der Waals surface area contributed by atoms with Crippen molar-refractivity contribution in [3.63, 3.8) is 0 Å². The van der Waals surface area contributed by atoms with Crippen molar-refractivity contribution in [2.45, 2.75) is 33.4 Å². The van der Waals surface area contributed by atoms with Crippen LogP contribution < -0.4 is 0 Å². The molecule has 2 aromatic carbocycles. The van der Waals surface area contributed by atoms with E-state index in [2.05, 4.69) is 0 Å². The van der Waals surface area contributed by atoms with E-state index in [0.29, 0.717) is 17.5 Å². The van der Waals surface area contributed by atoms with Crippen LogP contribution in [0.3, 0.4) is 0 Å². The van der Waals surface area contributed by atoms with Crippen LogP contribution in [0.5, 0.6) is 0 Å². The summed E-state index contributed by atoms with van der Waals surface area (Å²) >= 11 is 0. The molecule has 23 heavy (non-hydrogen) atoms. The van der Waals surface area contributed by atoms with Gasteiger partial charge >= 0.3 is 6.18 Å². The summed E-state index contributed by atoms with van der Waals surface area (Å²) in [5.74, 6) is -0.262. The molecule has 0 aliphatic rings. The number of hydrogen-bond acceptors (Lipinski definition) is 1. The van der Waals surface area contributed by atoms with E-state index in [4.69, 9.17) is 0 Å². The molecule has 0 saturated carbocycles. The van der Waals surface area contributed by atoms with Crippen LogP contribution in [0.1, 0.15) is 43.1 Å². The van der Waals surface area contributed by atoms with E-state index >= 15 is 0 Å². The Bertz CT molecular complexity index is 665. The molecule has 0 atom stereocenters. The number of fused-ring (bicyclic) bond motifs is 1. The van der Waals surface area contributed by atoms with Crippen LogP contribution in [0.15, 0.2) is 36.4 Å². The van der Waals surface area contributed by atoms with Crippen molar-refractivity contribution in [3.8, 4) is 0 Å². The van der Waals surface area contributed by atoms with Crippen molar-refractivity contribution < 1.29 is 18.0 Å². The summed E-state index contributed by atoms with van der Waals surface area (Å²) in [7, 11) is 1.65. The van der Waals surface area contributed by atoms with E-state index in [1.807, 2.05) is 20.8 Å². The second-order valence-corrected chi connectivity index (χ2v) is 4.93. The summed E-state index contributed by atoms with van der Waals surface area (Å²) in [4.78, 5) is 13.9. The molecule has 126 valence electrons. The van der Waals surface area contributed by atoms with Gasteiger partial charge in [0.25, 0.3) is 5.91 Å². The SMILES string of the molecule is CC.CCCN(C)C(=O)c1cccc2c(C(F)(F)F)cccc12. The van der Waals surface area contributed by atoms with Crippen LogP contribution in [-0.2, 0) is 6.18 Å². The molecule has 0 aromatic heterocycles. The lowest BCUT2D eigenvalue weighted by Crippen LogP contribution is -2.27. The number of amides is 1. The van der Waals surface area contributed by atoms with Gasteiger partial charge in [0, 0.05) is 19.2 Å². The number of rotatable bonds is 3. The van der Waals surface area contributed by atoms with Crippen molar-refractivity contribution in [2.75, 3.05) is 13.6 Å². The van der Waals surface area contributed by atoms with Gasteiger partial charge in [-0.3, -0.25) is 4.79 Å². The van der Waals surface area contributed by atoms with Gasteiger partial charge in [-0.05, 0) is 29.3 Å². The lowest BCUT2D eigenvalue weighted by molar-refractivity contribution is -0.136. The average molecular weight is 325 g/mol. The topological polar surface area (TPSA) is 20.3 Å². The molecular weight excluding hydrogens is 303 g/mol. The van der Waals surface area contributed by atoms with Crippen molar-refractivity contribution in [1.82, 2.24) is 4.90 Å². The largest absolute Gasteiger partial charge is 0.417 e. The molecule has 2 nitrogen and oxygen atoms in total. The van der Waals surface area contributed by atoms with Gasteiger partial charge in [0.15, 0.2) is 0 Å². The number of halogens is 3. The van der Waals surface area contributed by atoms with Crippen molar-refractivity contribution >= 4 is 16.7 Å². The standard InChI is InChI=1S/C16H16F3NO.C2H6/c1-3-10-20(2)15(21)13-8-4-7-12-11(13)6-5-9-14(12)16(17,18)19;1-2/h4-9H,3,10H2,1-2H3;1-2H3. The van der Waals surface area contributed by atoms with Crippen molar-refractivity contribution in [1.29, 1.82) is 0 Å². The smallest absolute Gasteiger partial charge is 0.342 e. The maximum absolute atomic E-state index is 13.0. The summed E-state index contributed by atoms with van der Waals surface area (Å²) in [5.41, 5.74) is -0.414. The summed E-state index contributed by atoms with van der Waals surface area (Å²) in [6.07, 6.45) is -3.64. The highest BCUT2D eigenvalue weighted by molar-refractivity contribution is 6.07. The molecule has 0 bridgehead atoms. The van der Waals surface area contributed by atoms with Crippen LogP contribution in [0, 0.1) is 0 Å². The molecule has 0 N–H and O–H groups in total. The molecule has 0 fully saturated rings. The number of alkyl halides is 3. The van der Waals surface area contributed by atoms with Crippen LogP contribution >= 0.6 is 0 Å². The first-order chi connectivity index (χ1) is 10.9. The zero-order valence-corrected chi connectivity index (χ0v) is 13.9. The van der Waals surface area contributed by atoms with Gasteiger partial charge in [0.2, 0.25) is 0 Å². The van der Waals surface area contributed by atoms with Crippen LogP contribution in [0.25, 0.3) is 10.8 Å². The highest BCUT2D eigenvalue weighted by Crippen LogP contribution is 2.35. The zero-order chi connectivity index (χ0) is 17.6. The molecule has 2 rings (SSSR count). The van der Waals surface area contributed by atoms with E-state index < -0.39 is 11.7 Å².